The number of likely N-dealkylation sites (N-methyl/N-ethyl adjacent to an activating group) is 1. The van der Waals surface area contributed by atoms with Crippen molar-refractivity contribution in [1.82, 2.24) is 9.80 Å². The highest BCUT2D eigenvalue weighted by atomic mass is 35.5. The number of rotatable bonds is 5. The summed E-state index contributed by atoms with van der Waals surface area (Å²) in [5, 5.41) is 0. The maximum absolute atomic E-state index is 12.6. The van der Waals surface area contributed by atoms with Crippen LogP contribution < -0.4 is 5.73 Å². The van der Waals surface area contributed by atoms with Gasteiger partial charge in [-0.25, -0.2) is 0 Å². The number of nitrogens with two attached hydrogens (primary N) is 1. The first-order valence-corrected chi connectivity index (χ1v) is 8.47. The zero-order valence-electron chi connectivity index (χ0n) is 13.9. The van der Waals surface area contributed by atoms with Crippen LogP contribution in [0.25, 0.3) is 0 Å². The Morgan fingerprint density at radius 3 is 2.65 bits per heavy atom. The Bertz CT molecular complexity index is 510. The van der Waals surface area contributed by atoms with Gasteiger partial charge < -0.3 is 10.6 Å². The van der Waals surface area contributed by atoms with E-state index < -0.39 is 0 Å². The molecule has 3 rings (SSSR count). The molecule has 1 saturated carbocycles. The van der Waals surface area contributed by atoms with Crippen molar-refractivity contribution in [2.24, 2.45) is 17.6 Å². The molecule has 3 atom stereocenters. The SMILES string of the molecule is CCN(Cc1ccccc1)C(=O)CN1CC2CCC(N)C2C1.Cl. The maximum atomic E-state index is 12.6. The number of nitrogens with zero attached hydrogens (tertiary/aromatic N) is 2. The van der Waals surface area contributed by atoms with Gasteiger partial charge in [0.05, 0.1) is 6.54 Å². The number of likely N-dealkylation sites (tertiary alicyclic amines) is 1. The largest absolute Gasteiger partial charge is 0.338 e. The lowest BCUT2D eigenvalue weighted by Gasteiger charge is -2.25. The maximum Gasteiger partial charge on any atom is 0.237 e. The van der Waals surface area contributed by atoms with E-state index in [1.165, 1.54) is 12.0 Å². The van der Waals surface area contributed by atoms with Gasteiger partial charge in [-0.05, 0) is 37.2 Å². The fourth-order valence-electron chi connectivity index (χ4n) is 4.00. The van der Waals surface area contributed by atoms with Crippen LogP contribution in [0.5, 0.6) is 0 Å². The Balaban J connectivity index is 0.00000192. The van der Waals surface area contributed by atoms with Crippen LogP contribution in [0.3, 0.4) is 0 Å². The molecule has 2 fully saturated rings. The summed E-state index contributed by atoms with van der Waals surface area (Å²) in [4.78, 5) is 16.8. The van der Waals surface area contributed by atoms with Crippen molar-refractivity contribution >= 4 is 18.3 Å². The number of hydrogen-bond donors (Lipinski definition) is 1. The number of hydrogen-bond acceptors (Lipinski definition) is 3. The van der Waals surface area contributed by atoms with Gasteiger partial charge in [-0.2, -0.15) is 0 Å². The van der Waals surface area contributed by atoms with Crippen molar-refractivity contribution in [3.8, 4) is 0 Å². The van der Waals surface area contributed by atoms with E-state index in [4.69, 9.17) is 5.73 Å². The number of halogens is 1. The molecule has 1 aliphatic carbocycles. The van der Waals surface area contributed by atoms with Crippen LogP contribution in [0, 0.1) is 11.8 Å². The second-order valence-corrected chi connectivity index (χ2v) is 6.75. The molecule has 0 spiro atoms. The fraction of sp³-hybridized carbons (Fsp3) is 0.611. The third kappa shape index (κ3) is 4.25. The minimum atomic E-state index is 0. The molecule has 2 aliphatic rings. The first kappa shape index (κ1) is 18.2. The van der Waals surface area contributed by atoms with Crippen molar-refractivity contribution < 1.29 is 4.79 Å². The lowest BCUT2D eigenvalue weighted by Crippen LogP contribution is -2.40. The van der Waals surface area contributed by atoms with Gasteiger partial charge in [0, 0.05) is 32.2 Å². The molecular formula is C18H28ClN3O. The molecule has 0 bridgehead atoms. The van der Waals surface area contributed by atoms with Crippen LogP contribution in [0.4, 0.5) is 0 Å². The summed E-state index contributed by atoms with van der Waals surface area (Å²) in [6.45, 7) is 6.10. The van der Waals surface area contributed by atoms with Crippen LogP contribution in [-0.2, 0) is 11.3 Å². The van der Waals surface area contributed by atoms with E-state index in [-0.39, 0.29) is 18.3 Å². The van der Waals surface area contributed by atoms with Gasteiger partial charge in [-0.15, -0.1) is 12.4 Å². The monoisotopic (exact) mass is 337 g/mol. The summed E-state index contributed by atoms with van der Waals surface area (Å²) >= 11 is 0. The minimum Gasteiger partial charge on any atom is -0.338 e. The van der Waals surface area contributed by atoms with Crippen molar-refractivity contribution in [2.75, 3.05) is 26.2 Å². The zero-order chi connectivity index (χ0) is 15.5. The molecule has 1 aromatic rings. The smallest absolute Gasteiger partial charge is 0.237 e. The first-order chi connectivity index (χ1) is 10.7. The summed E-state index contributed by atoms with van der Waals surface area (Å²) in [6.07, 6.45) is 2.39. The van der Waals surface area contributed by atoms with Gasteiger partial charge in [0.2, 0.25) is 5.91 Å². The van der Waals surface area contributed by atoms with E-state index in [9.17, 15) is 4.79 Å². The second-order valence-electron chi connectivity index (χ2n) is 6.75. The Morgan fingerprint density at radius 2 is 2.00 bits per heavy atom. The third-order valence-corrected chi connectivity index (χ3v) is 5.30. The van der Waals surface area contributed by atoms with Crippen LogP contribution in [0.1, 0.15) is 25.3 Å². The van der Waals surface area contributed by atoms with Gasteiger partial charge in [0.1, 0.15) is 0 Å². The van der Waals surface area contributed by atoms with Gasteiger partial charge >= 0.3 is 0 Å². The van der Waals surface area contributed by atoms with E-state index in [1.54, 1.807) is 0 Å². The Hall–Kier alpha value is -1.10. The van der Waals surface area contributed by atoms with Crippen LogP contribution in [0.2, 0.25) is 0 Å². The molecule has 128 valence electrons. The minimum absolute atomic E-state index is 0. The number of fused-ring (bicyclic) bond motifs is 1. The van der Waals surface area contributed by atoms with Gasteiger partial charge in [-0.1, -0.05) is 30.3 Å². The van der Waals surface area contributed by atoms with E-state index in [0.717, 1.165) is 26.1 Å². The molecule has 0 radical (unpaired) electrons. The molecule has 23 heavy (non-hydrogen) atoms. The number of amides is 1. The van der Waals surface area contributed by atoms with E-state index in [0.29, 0.717) is 31.0 Å². The molecule has 1 heterocycles. The van der Waals surface area contributed by atoms with Crippen molar-refractivity contribution in [2.45, 2.75) is 32.4 Å². The predicted molar refractivity (Wildman–Crippen MR) is 95.4 cm³/mol. The molecule has 5 heteroatoms. The number of carbonyl (C=O) groups is 1. The summed E-state index contributed by atoms with van der Waals surface area (Å²) < 4.78 is 0. The Morgan fingerprint density at radius 1 is 1.26 bits per heavy atom. The van der Waals surface area contributed by atoms with E-state index >= 15 is 0 Å². The molecule has 2 N–H and O–H groups in total. The van der Waals surface area contributed by atoms with Crippen LogP contribution in [0.15, 0.2) is 30.3 Å². The molecule has 0 aromatic heterocycles. The standard InChI is InChI=1S/C18H27N3O.ClH/c1-2-21(10-14-6-4-3-5-7-14)18(22)13-20-11-15-8-9-17(19)16(15)12-20;/h3-7,15-17H,2,8-13,19H2,1H3;1H. The van der Waals surface area contributed by atoms with Crippen LogP contribution in [-0.4, -0.2) is 47.9 Å². The normalized spacial score (nSPS) is 26.6. The highest BCUT2D eigenvalue weighted by Crippen LogP contribution is 2.36. The number of carbonyl (C=O) groups excluding carboxylic acids is 1. The lowest BCUT2D eigenvalue weighted by molar-refractivity contribution is -0.132. The third-order valence-electron chi connectivity index (χ3n) is 5.30. The molecule has 1 aliphatic heterocycles. The molecular weight excluding hydrogens is 310 g/mol. The summed E-state index contributed by atoms with van der Waals surface area (Å²) in [7, 11) is 0. The van der Waals surface area contributed by atoms with Gasteiger partial charge in [0.15, 0.2) is 0 Å². The molecule has 1 aromatic carbocycles. The Kier molecular flexibility index (Phi) is 6.45. The summed E-state index contributed by atoms with van der Waals surface area (Å²) in [5.41, 5.74) is 7.37. The fourth-order valence-corrected chi connectivity index (χ4v) is 4.00. The highest BCUT2D eigenvalue weighted by molar-refractivity contribution is 5.85. The molecule has 4 nitrogen and oxygen atoms in total. The van der Waals surface area contributed by atoms with Crippen LogP contribution >= 0.6 is 12.4 Å². The topological polar surface area (TPSA) is 49.6 Å². The summed E-state index contributed by atoms with van der Waals surface area (Å²) in [5.74, 6) is 1.56. The first-order valence-electron chi connectivity index (χ1n) is 8.47. The van der Waals surface area contributed by atoms with Crippen molar-refractivity contribution in [3.63, 3.8) is 0 Å². The molecule has 1 saturated heterocycles. The van der Waals surface area contributed by atoms with Gasteiger partial charge in [-0.3, -0.25) is 9.69 Å². The van der Waals surface area contributed by atoms with Gasteiger partial charge in [0.25, 0.3) is 0 Å². The zero-order valence-corrected chi connectivity index (χ0v) is 14.7. The lowest BCUT2D eigenvalue weighted by atomic mass is 9.98. The predicted octanol–water partition coefficient (Wildman–Crippen LogP) is 2.13. The Labute approximate surface area is 145 Å². The van der Waals surface area contributed by atoms with E-state index in [2.05, 4.69) is 24.0 Å². The van der Waals surface area contributed by atoms with E-state index in [1.807, 2.05) is 23.1 Å². The quantitative estimate of drug-likeness (QED) is 0.895. The highest BCUT2D eigenvalue weighted by Gasteiger charge is 2.41. The van der Waals surface area contributed by atoms with Crippen molar-refractivity contribution in [3.05, 3.63) is 35.9 Å². The summed E-state index contributed by atoms with van der Waals surface area (Å²) in [6, 6.07) is 10.6. The number of benzene rings is 1. The molecule has 3 unspecified atom stereocenters. The van der Waals surface area contributed by atoms with Crippen molar-refractivity contribution in [1.29, 1.82) is 0 Å². The second kappa shape index (κ2) is 8.13. The average Bonchev–Trinajstić information content (AvgIpc) is 3.07. The molecule has 1 amide bonds. The average molecular weight is 338 g/mol.